The molecule has 0 radical (unpaired) electrons. The summed E-state index contributed by atoms with van der Waals surface area (Å²) in [5.41, 5.74) is 1.92. The number of hydrogen-bond acceptors (Lipinski definition) is 7. The smallest absolute Gasteiger partial charge is 0.270 e. The molecule has 0 saturated heterocycles. The quantitative estimate of drug-likeness (QED) is 0.144. The lowest BCUT2D eigenvalue weighted by atomic mass is 10.1. The molecule has 0 spiro atoms. The minimum Gasteiger partial charge on any atom is -0.506 e. The summed E-state index contributed by atoms with van der Waals surface area (Å²) in [5.74, 6) is 0.812. The van der Waals surface area contributed by atoms with Crippen LogP contribution in [0.25, 0.3) is 18.2 Å². The minimum atomic E-state index is -0.513. The predicted molar refractivity (Wildman–Crippen MR) is 134 cm³/mol. The van der Waals surface area contributed by atoms with Crippen LogP contribution >= 0.6 is 0 Å². The number of hydrogen-bond donors (Lipinski definition) is 2. The summed E-state index contributed by atoms with van der Waals surface area (Å²) >= 11 is 0. The molecule has 3 rings (SSSR count). The molecular formula is C26H24N2O7. The van der Waals surface area contributed by atoms with E-state index in [-0.39, 0.29) is 17.1 Å². The van der Waals surface area contributed by atoms with E-state index in [1.807, 2.05) is 0 Å². The van der Waals surface area contributed by atoms with Gasteiger partial charge in [-0.1, -0.05) is 36.4 Å². The van der Waals surface area contributed by atoms with Crippen molar-refractivity contribution in [2.24, 2.45) is 0 Å². The zero-order valence-corrected chi connectivity index (χ0v) is 19.3. The van der Waals surface area contributed by atoms with Crippen molar-refractivity contribution < 1.29 is 29.0 Å². The fourth-order valence-corrected chi connectivity index (χ4v) is 3.29. The molecule has 9 heteroatoms. The van der Waals surface area contributed by atoms with E-state index < -0.39 is 10.8 Å². The molecule has 0 fully saturated rings. The molecule has 2 N–H and O–H groups in total. The SMILES string of the molecule is COc1cc(/C=C/c2cccc(O)c2NC(=O)/C=C/c2cccc([N+](=O)[O-])c2)cc(OC)c1OC. The standard InChI is InChI=1S/C26H24N2O7/c1-33-22-15-18(16-23(34-2)26(22)35-3)10-12-19-7-5-9-21(29)25(19)27-24(30)13-11-17-6-4-8-20(14-17)28(31)32/h4-16,29H,1-3H3,(H,27,30)/b12-10+,13-11+. The van der Waals surface area contributed by atoms with Gasteiger partial charge in [0, 0.05) is 23.8 Å². The zero-order valence-electron chi connectivity index (χ0n) is 19.3. The Morgan fingerprint density at radius 1 is 0.914 bits per heavy atom. The summed E-state index contributed by atoms with van der Waals surface area (Å²) in [6, 6.07) is 14.3. The van der Waals surface area contributed by atoms with E-state index in [4.69, 9.17) is 14.2 Å². The fraction of sp³-hybridized carbons (Fsp3) is 0.115. The number of methoxy groups -OCH3 is 3. The van der Waals surface area contributed by atoms with Crippen molar-refractivity contribution in [3.63, 3.8) is 0 Å². The summed E-state index contributed by atoms with van der Waals surface area (Å²) in [7, 11) is 4.56. The third-order valence-electron chi connectivity index (χ3n) is 4.97. The van der Waals surface area contributed by atoms with E-state index >= 15 is 0 Å². The number of carbonyl (C=O) groups excluding carboxylic acids is 1. The van der Waals surface area contributed by atoms with E-state index in [0.717, 1.165) is 5.56 Å². The number of carbonyl (C=O) groups is 1. The first-order chi connectivity index (χ1) is 16.9. The van der Waals surface area contributed by atoms with Crippen molar-refractivity contribution in [1.29, 1.82) is 0 Å². The highest BCUT2D eigenvalue weighted by molar-refractivity contribution is 6.04. The number of nitrogens with one attached hydrogen (secondary N) is 1. The van der Waals surface area contributed by atoms with Crippen LogP contribution in [-0.4, -0.2) is 37.3 Å². The molecular weight excluding hydrogens is 452 g/mol. The molecule has 9 nitrogen and oxygen atoms in total. The Hall–Kier alpha value is -4.79. The Balaban J connectivity index is 1.84. The van der Waals surface area contributed by atoms with Crippen LogP contribution in [0.2, 0.25) is 0 Å². The molecule has 0 aliphatic carbocycles. The van der Waals surface area contributed by atoms with E-state index in [9.17, 15) is 20.0 Å². The number of para-hydroxylation sites is 1. The Morgan fingerprint density at radius 2 is 1.60 bits per heavy atom. The van der Waals surface area contributed by atoms with Gasteiger partial charge in [0.15, 0.2) is 11.5 Å². The summed E-state index contributed by atoms with van der Waals surface area (Å²) in [4.78, 5) is 22.9. The highest BCUT2D eigenvalue weighted by Gasteiger charge is 2.13. The number of phenols is 1. The molecule has 0 aliphatic heterocycles. The first-order valence-corrected chi connectivity index (χ1v) is 10.4. The molecule has 0 saturated carbocycles. The topological polar surface area (TPSA) is 120 Å². The van der Waals surface area contributed by atoms with Gasteiger partial charge in [-0.15, -0.1) is 0 Å². The average Bonchev–Trinajstić information content (AvgIpc) is 2.87. The van der Waals surface area contributed by atoms with Crippen LogP contribution in [0.15, 0.2) is 60.7 Å². The van der Waals surface area contributed by atoms with Gasteiger partial charge in [0.25, 0.3) is 5.69 Å². The Labute approximate surface area is 202 Å². The van der Waals surface area contributed by atoms with Crippen molar-refractivity contribution in [2.75, 3.05) is 26.6 Å². The van der Waals surface area contributed by atoms with Gasteiger partial charge in [-0.3, -0.25) is 14.9 Å². The summed E-state index contributed by atoms with van der Waals surface area (Å²) in [6.45, 7) is 0. The second kappa shape index (κ2) is 11.4. The number of aromatic hydroxyl groups is 1. The van der Waals surface area contributed by atoms with Gasteiger partial charge in [0.2, 0.25) is 11.7 Å². The largest absolute Gasteiger partial charge is 0.506 e. The zero-order chi connectivity index (χ0) is 25.4. The van der Waals surface area contributed by atoms with Crippen molar-refractivity contribution in [2.45, 2.75) is 0 Å². The van der Waals surface area contributed by atoms with E-state index in [0.29, 0.717) is 28.4 Å². The van der Waals surface area contributed by atoms with Gasteiger partial charge in [0.1, 0.15) is 5.75 Å². The second-order valence-electron chi connectivity index (χ2n) is 7.21. The van der Waals surface area contributed by atoms with Crippen LogP contribution in [-0.2, 0) is 4.79 Å². The summed E-state index contributed by atoms with van der Waals surface area (Å²) in [6.07, 6.45) is 6.18. The minimum absolute atomic E-state index is 0.0764. The monoisotopic (exact) mass is 476 g/mol. The lowest BCUT2D eigenvalue weighted by Gasteiger charge is -2.13. The lowest BCUT2D eigenvalue weighted by Crippen LogP contribution is -2.09. The van der Waals surface area contributed by atoms with Crippen LogP contribution < -0.4 is 19.5 Å². The number of nitro benzene ring substituents is 1. The molecule has 180 valence electrons. The predicted octanol–water partition coefficient (Wildman–Crippen LogP) is 5.15. The van der Waals surface area contributed by atoms with Crippen LogP contribution in [0.1, 0.15) is 16.7 Å². The molecule has 3 aromatic rings. The van der Waals surface area contributed by atoms with Crippen LogP contribution in [0.4, 0.5) is 11.4 Å². The molecule has 0 atom stereocenters. The maximum Gasteiger partial charge on any atom is 0.270 e. The molecule has 0 aromatic heterocycles. The molecule has 0 bridgehead atoms. The molecule has 1 amide bonds. The van der Waals surface area contributed by atoms with Crippen LogP contribution in [0, 0.1) is 10.1 Å². The highest BCUT2D eigenvalue weighted by Crippen LogP contribution is 2.39. The number of amides is 1. The van der Waals surface area contributed by atoms with Gasteiger partial charge >= 0.3 is 0 Å². The molecule has 0 aliphatic rings. The molecule has 0 heterocycles. The second-order valence-corrected chi connectivity index (χ2v) is 7.21. The Morgan fingerprint density at radius 3 is 2.23 bits per heavy atom. The molecule has 0 unspecified atom stereocenters. The first-order valence-electron chi connectivity index (χ1n) is 10.4. The van der Waals surface area contributed by atoms with Crippen LogP contribution in [0.3, 0.4) is 0 Å². The summed E-state index contributed by atoms with van der Waals surface area (Å²) in [5, 5.41) is 23.9. The molecule has 3 aromatic carbocycles. The van der Waals surface area contributed by atoms with Crippen LogP contribution in [0.5, 0.6) is 23.0 Å². The van der Waals surface area contributed by atoms with Crippen molar-refractivity contribution in [3.8, 4) is 23.0 Å². The average molecular weight is 476 g/mol. The normalized spacial score (nSPS) is 10.9. The Bertz CT molecular complexity index is 1270. The molecule has 35 heavy (non-hydrogen) atoms. The van der Waals surface area contributed by atoms with Gasteiger partial charge in [-0.05, 0) is 35.4 Å². The van der Waals surface area contributed by atoms with Gasteiger partial charge in [-0.25, -0.2) is 0 Å². The third-order valence-corrected chi connectivity index (χ3v) is 4.97. The maximum absolute atomic E-state index is 12.5. The van der Waals surface area contributed by atoms with E-state index in [1.54, 1.807) is 42.5 Å². The number of phenolic OH excluding ortho intramolecular Hbond substituents is 1. The Kier molecular flexibility index (Phi) is 8.07. The van der Waals surface area contributed by atoms with Crippen molar-refractivity contribution in [1.82, 2.24) is 0 Å². The first kappa shape index (κ1) is 24.8. The third kappa shape index (κ3) is 6.17. The van der Waals surface area contributed by atoms with Gasteiger partial charge < -0.3 is 24.6 Å². The van der Waals surface area contributed by atoms with Crippen molar-refractivity contribution >= 4 is 35.5 Å². The number of anilines is 1. The number of nitro groups is 1. The van der Waals surface area contributed by atoms with Gasteiger partial charge in [0.05, 0.1) is 31.9 Å². The lowest BCUT2D eigenvalue weighted by molar-refractivity contribution is -0.384. The maximum atomic E-state index is 12.5. The van der Waals surface area contributed by atoms with Crippen molar-refractivity contribution in [3.05, 3.63) is 87.5 Å². The number of nitrogens with zero attached hydrogens (tertiary/aromatic N) is 1. The number of ether oxygens (including phenoxy) is 3. The fourth-order valence-electron chi connectivity index (χ4n) is 3.29. The van der Waals surface area contributed by atoms with E-state index in [2.05, 4.69) is 5.32 Å². The van der Waals surface area contributed by atoms with Gasteiger partial charge in [-0.2, -0.15) is 0 Å². The number of benzene rings is 3. The number of non-ortho nitro benzene ring substituents is 1. The van der Waals surface area contributed by atoms with E-state index in [1.165, 1.54) is 57.7 Å². The highest BCUT2D eigenvalue weighted by atomic mass is 16.6. The number of rotatable bonds is 9. The summed E-state index contributed by atoms with van der Waals surface area (Å²) < 4.78 is 16.1.